The second-order valence-electron chi connectivity index (χ2n) is 4.89. The van der Waals surface area contributed by atoms with Gasteiger partial charge >= 0.3 is 18.2 Å². The molecule has 0 atom stereocenters. The number of alkyl carbamates (subject to hydrolysis) is 1. The van der Waals surface area contributed by atoms with Crippen LogP contribution in [0.15, 0.2) is 0 Å². The summed E-state index contributed by atoms with van der Waals surface area (Å²) in [6, 6.07) is 0. The second kappa shape index (κ2) is 5.66. The van der Waals surface area contributed by atoms with Crippen molar-refractivity contribution in [2.24, 2.45) is 5.92 Å². The number of hydrogen-bond donors (Lipinski definition) is 2. The number of carboxylic acids is 1. The molecule has 1 aliphatic carbocycles. The van der Waals surface area contributed by atoms with E-state index >= 15 is 0 Å². The Bertz CT molecular complexity index is 348. The molecule has 0 saturated heterocycles. The molecule has 0 aromatic heterocycles. The molecule has 2 N–H and O–H groups in total. The van der Waals surface area contributed by atoms with Gasteiger partial charge < -0.3 is 15.2 Å². The first-order chi connectivity index (χ1) is 8.65. The Hall–Kier alpha value is -1.47. The fraction of sp³-hybridized carbons (Fsp3) is 0.818. The number of amides is 1. The lowest BCUT2D eigenvalue weighted by atomic mass is 9.77. The lowest BCUT2D eigenvalue weighted by Crippen LogP contribution is -2.56. The summed E-state index contributed by atoms with van der Waals surface area (Å²) >= 11 is 0. The Morgan fingerprint density at radius 3 is 2.32 bits per heavy atom. The van der Waals surface area contributed by atoms with Gasteiger partial charge in [0.2, 0.25) is 0 Å². The summed E-state index contributed by atoms with van der Waals surface area (Å²) in [5.41, 5.74) is -1.52. The zero-order valence-corrected chi connectivity index (χ0v) is 10.4. The van der Waals surface area contributed by atoms with Gasteiger partial charge in [-0.3, -0.25) is 0 Å². The van der Waals surface area contributed by atoms with Crippen molar-refractivity contribution in [3.63, 3.8) is 0 Å². The topological polar surface area (TPSA) is 75.6 Å². The SMILES string of the molecule is CC1CCC(NC(=O)OCC(F)(F)F)(C(=O)O)CC1. The number of carbonyl (C=O) groups is 2. The average Bonchev–Trinajstić information content (AvgIpc) is 2.29. The molecule has 0 bridgehead atoms. The zero-order valence-electron chi connectivity index (χ0n) is 10.4. The molecule has 0 aromatic rings. The molecule has 110 valence electrons. The maximum Gasteiger partial charge on any atom is 0.422 e. The molecule has 1 amide bonds. The maximum atomic E-state index is 11.9. The molecule has 0 unspecified atom stereocenters. The van der Waals surface area contributed by atoms with E-state index in [0.717, 1.165) is 0 Å². The fourth-order valence-electron chi connectivity index (χ4n) is 2.03. The first kappa shape index (κ1) is 15.6. The van der Waals surface area contributed by atoms with Gasteiger partial charge in [0, 0.05) is 0 Å². The van der Waals surface area contributed by atoms with Gasteiger partial charge in [0.05, 0.1) is 0 Å². The van der Waals surface area contributed by atoms with Crippen LogP contribution >= 0.6 is 0 Å². The summed E-state index contributed by atoms with van der Waals surface area (Å²) in [7, 11) is 0. The van der Waals surface area contributed by atoms with Gasteiger partial charge in [0.25, 0.3) is 0 Å². The molecule has 1 rings (SSSR count). The molecule has 0 radical (unpaired) electrons. The van der Waals surface area contributed by atoms with Gasteiger partial charge in [0.1, 0.15) is 5.54 Å². The van der Waals surface area contributed by atoms with Crippen LogP contribution in [0.5, 0.6) is 0 Å². The highest BCUT2D eigenvalue weighted by Crippen LogP contribution is 2.32. The molecule has 0 heterocycles. The van der Waals surface area contributed by atoms with E-state index in [1.807, 2.05) is 6.92 Å². The largest absolute Gasteiger partial charge is 0.480 e. The Morgan fingerprint density at radius 1 is 1.37 bits per heavy atom. The van der Waals surface area contributed by atoms with E-state index in [1.54, 1.807) is 0 Å². The van der Waals surface area contributed by atoms with E-state index in [1.165, 1.54) is 0 Å². The molecule has 19 heavy (non-hydrogen) atoms. The Balaban J connectivity index is 2.59. The highest BCUT2D eigenvalue weighted by Gasteiger charge is 2.43. The van der Waals surface area contributed by atoms with E-state index in [-0.39, 0.29) is 12.8 Å². The summed E-state index contributed by atoms with van der Waals surface area (Å²) in [6.07, 6.45) is -4.43. The molecule has 0 spiro atoms. The zero-order chi connectivity index (χ0) is 14.7. The number of halogens is 3. The number of carbonyl (C=O) groups excluding carboxylic acids is 1. The summed E-state index contributed by atoms with van der Waals surface area (Å²) in [5.74, 6) is -0.913. The van der Waals surface area contributed by atoms with Crippen molar-refractivity contribution in [2.75, 3.05) is 6.61 Å². The number of carboxylic acid groups (broad SMARTS) is 1. The van der Waals surface area contributed by atoms with Gasteiger partial charge in [-0.05, 0) is 31.6 Å². The van der Waals surface area contributed by atoms with Crippen LogP contribution in [0, 0.1) is 5.92 Å². The third-order valence-corrected chi connectivity index (χ3v) is 3.25. The number of aliphatic carboxylic acids is 1. The summed E-state index contributed by atoms with van der Waals surface area (Å²) in [4.78, 5) is 22.5. The standard InChI is InChI=1S/C11H16F3NO4/c1-7-2-4-10(5-3-7,8(16)17)15-9(18)19-6-11(12,13)14/h7H,2-6H2,1H3,(H,15,18)(H,16,17). The minimum Gasteiger partial charge on any atom is -0.480 e. The smallest absolute Gasteiger partial charge is 0.422 e. The van der Waals surface area contributed by atoms with Crippen molar-refractivity contribution >= 4 is 12.1 Å². The van der Waals surface area contributed by atoms with E-state index in [9.17, 15) is 22.8 Å². The molecule has 1 aliphatic rings. The minimum atomic E-state index is -4.63. The third-order valence-electron chi connectivity index (χ3n) is 3.25. The van der Waals surface area contributed by atoms with E-state index in [2.05, 4.69) is 10.1 Å². The average molecular weight is 283 g/mol. The van der Waals surface area contributed by atoms with Crippen LogP contribution in [-0.4, -0.2) is 35.5 Å². The van der Waals surface area contributed by atoms with Crippen molar-refractivity contribution in [2.45, 2.75) is 44.3 Å². The van der Waals surface area contributed by atoms with E-state index in [4.69, 9.17) is 5.11 Å². The van der Waals surface area contributed by atoms with Crippen molar-refractivity contribution in [1.29, 1.82) is 0 Å². The normalized spacial score (nSPS) is 27.7. The Labute approximate surface area is 108 Å². The first-order valence-electron chi connectivity index (χ1n) is 5.90. The highest BCUT2D eigenvalue weighted by molar-refractivity contribution is 5.84. The van der Waals surface area contributed by atoms with Gasteiger partial charge in [-0.15, -0.1) is 0 Å². The summed E-state index contributed by atoms with van der Waals surface area (Å²) in [5, 5.41) is 11.2. The van der Waals surface area contributed by atoms with Gasteiger partial charge in [-0.1, -0.05) is 6.92 Å². The van der Waals surface area contributed by atoms with E-state index < -0.39 is 30.4 Å². The van der Waals surface area contributed by atoms with Crippen molar-refractivity contribution in [1.82, 2.24) is 5.32 Å². The third kappa shape index (κ3) is 4.60. The molecule has 0 aliphatic heterocycles. The predicted octanol–water partition coefficient (Wildman–Crippen LogP) is 2.31. The highest BCUT2D eigenvalue weighted by atomic mass is 19.4. The predicted molar refractivity (Wildman–Crippen MR) is 58.5 cm³/mol. The minimum absolute atomic E-state index is 0.185. The molecular weight excluding hydrogens is 267 g/mol. The van der Waals surface area contributed by atoms with Crippen LogP contribution in [0.3, 0.4) is 0 Å². The maximum absolute atomic E-state index is 11.9. The van der Waals surface area contributed by atoms with Crippen LogP contribution < -0.4 is 5.32 Å². The van der Waals surface area contributed by atoms with E-state index in [0.29, 0.717) is 18.8 Å². The fourth-order valence-corrected chi connectivity index (χ4v) is 2.03. The lowest BCUT2D eigenvalue weighted by Gasteiger charge is -2.35. The number of ether oxygens (including phenoxy) is 1. The summed E-state index contributed by atoms with van der Waals surface area (Å²) < 4.78 is 39.6. The van der Waals surface area contributed by atoms with Gasteiger partial charge in [-0.25, -0.2) is 9.59 Å². The molecule has 1 fully saturated rings. The number of alkyl halides is 3. The molecule has 0 aromatic carbocycles. The van der Waals surface area contributed by atoms with Crippen LogP contribution in [0.2, 0.25) is 0 Å². The van der Waals surface area contributed by atoms with Crippen molar-refractivity contribution in [3.8, 4) is 0 Å². The van der Waals surface area contributed by atoms with Crippen LogP contribution in [-0.2, 0) is 9.53 Å². The van der Waals surface area contributed by atoms with Crippen LogP contribution in [0.1, 0.15) is 32.6 Å². The van der Waals surface area contributed by atoms with Crippen molar-refractivity contribution < 1.29 is 32.6 Å². The number of rotatable bonds is 3. The quantitative estimate of drug-likeness (QED) is 0.833. The van der Waals surface area contributed by atoms with Crippen LogP contribution in [0.25, 0.3) is 0 Å². The number of nitrogens with one attached hydrogen (secondary N) is 1. The molecule has 8 heteroatoms. The molecular formula is C11H16F3NO4. The summed E-state index contributed by atoms with van der Waals surface area (Å²) in [6.45, 7) is 0.221. The Kier molecular flexibility index (Phi) is 4.65. The molecule has 5 nitrogen and oxygen atoms in total. The Morgan fingerprint density at radius 2 is 1.89 bits per heavy atom. The van der Waals surface area contributed by atoms with Crippen molar-refractivity contribution in [3.05, 3.63) is 0 Å². The first-order valence-corrected chi connectivity index (χ1v) is 5.90. The second-order valence-corrected chi connectivity index (χ2v) is 4.89. The van der Waals surface area contributed by atoms with Gasteiger partial charge in [0.15, 0.2) is 6.61 Å². The molecule has 1 saturated carbocycles. The number of hydrogen-bond acceptors (Lipinski definition) is 3. The van der Waals surface area contributed by atoms with Gasteiger partial charge in [-0.2, -0.15) is 13.2 Å². The monoisotopic (exact) mass is 283 g/mol. The van der Waals surface area contributed by atoms with Crippen LogP contribution in [0.4, 0.5) is 18.0 Å². The lowest BCUT2D eigenvalue weighted by molar-refractivity contribution is -0.161.